The molecule has 0 amide bonds. The van der Waals surface area contributed by atoms with Gasteiger partial charge in [-0.2, -0.15) is 0 Å². The molecule has 1 heterocycles. The summed E-state index contributed by atoms with van der Waals surface area (Å²) in [5.41, 5.74) is 0. The zero-order valence-corrected chi connectivity index (χ0v) is 41.3. The molecule has 1 saturated heterocycles. The van der Waals surface area contributed by atoms with E-state index in [1.807, 2.05) is 0 Å². The van der Waals surface area contributed by atoms with Gasteiger partial charge in [0.25, 0.3) is 0 Å². The Balaban J connectivity index is 2.18. The molecule has 0 aromatic carbocycles. The highest BCUT2D eigenvalue weighted by atomic mass is 16.7. The molecule has 0 saturated carbocycles. The zero-order chi connectivity index (χ0) is 46.4. The molecule has 9 nitrogen and oxygen atoms in total. The molecule has 6 atom stereocenters. The van der Waals surface area contributed by atoms with Crippen LogP contribution in [0.15, 0.2) is 48.6 Å². The Hall–Kier alpha value is -1.85. The number of ether oxygens (including phenoxy) is 4. The van der Waals surface area contributed by atoms with Crippen molar-refractivity contribution in [1.82, 2.24) is 0 Å². The number of unbranched alkanes of at least 4 members (excludes halogenated alkanes) is 27. The summed E-state index contributed by atoms with van der Waals surface area (Å²) in [6.45, 7) is 4.53. The minimum Gasteiger partial charge on any atom is -0.457 e. The van der Waals surface area contributed by atoms with Crippen LogP contribution < -0.4 is 0 Å². The highest BCUT2D eigenvalue weighted by molar-refractivity contribution is 5.69. The lowest BCUT2D eigenvalue weighted by Crippen LogP contribution is -2.59. The van der Waals surface area contributed by atoms with Gasteiger partial charge < -0.3 is 39.4 Å². The van der Waals surface area contributed by atoms with Gasteiger partial charge in [-0.1, -0.05) is 197 Å². The molecule has 1 rings (SSSR count). The van der Waals surface area contributed by atoms with Crippen LogP contribution in [0.3, 0.4) is 0 Å². The van der Waals surface area contributed by atoms with Crippen LogP contribution in [-0.2, 0) is 23.7 Å². The van der Waals surface area contributed by atoms with Gasteiger partial charge in [0, 0.05) is 13.0 Å². The first-order valence-corrected chi connectivity index (χ1v) is 26.7. The number of aliphatic hydroxyl groups is 4. The van der Waals surface area contributed by atoms with Crippen LogP contribution >= 0.6 is 0 Å². The molecule has 6 unspecified atom stereocenters. The Kier molecular flexibility index (Phi) is 43.5. The standard InChI is InChI=1S/C55H100O9/c1-3-5-7-9-11-13-15-17-19-21-22-23-24-25-26-27-29-31-33-35-37-39-41-43-45-61-47-49(48-62-55-54(60)53(59)52(58)50(46-56)64-55)63-51(57)44-42-40-38-36-34-32-30-28-20-18-16-14-12-10-8-6-4-2/h12,14-15,17-18,20-22,49-50,52-56,58-60H,3-11,13,16,19,23-48H2,1-2H3/b14-12-,17-15-,20-18-,22-21-. The smallest absolute Gasteiger partial charge is 0.306 e. The number of aliphatic hydroxyl groups excluding tert-OH is 4. The number of carbonyl (C=O) groups excluding carboxylic acids is 1. The summed E-state index contributed by atoms with van der Waals surface area (Å²) in [7, 11) is 0. The molecule has 4 N–H and O–H groups in total. The number of esters is 1. The normalized spacial score (nSPS) is 19.9. The Morgan fingerprint density at radius 3 is 1.38 bits per heavy atom. The maximum Gasteiger partial charge on any atom is 0.306 e. The third-order valence-electron chi connectivity index (χ3n) is 12.2. The first-order chi connectivity index (χ1) is 31.4. The second-order valence-corrected chi connectivity index (χ2v) is 18.3. The summed E-state index contributed by atoms with van der Waals surface area (Å²) in [5, 5.41) is 40.3. The molecule has 0 radical (unpaired) electrons. The first kappa shape index (κ1) is 60.2. The maximum absolute atomic E-state index is 12.8. The third-order valence-corrected chi connectivity index (χ3v) is 12.2. The molecule has 0 spiro atoms. The molecule has 1 aliphatic rings. The van der Waals surface area contributed by atoms with E-state index in [2.05, 4.69) is 62.5 Å². The Bertz CT molecular complexity index is 1120. The molecule has 0 aromatic heterocycles. The fraction of sp³-hybridized carbons (Fsp3) is 0.836. The molecule has 9 heteroatoms. The van der Waals surface area contributed by atoms with E-state index in [1.54, 1.807) is 0 Å². The van der Waals surface area contributed by atoms with Crippen molar-refractivity contribution in [3.8, 4) is 0 Å². The van der Waals surface area contributed by atoms with Crippen molar-refractivity contribution in [2.45, 2.75) is 269 Å². The Morgan fingerprint density at radius 2 is 0.906 bits per heavy atom. The second-order valence-electron chi connectivity index (χ2n) is 18.3. The van der Waals surface area contributed by atoms with Gasteiger partial charge in [-0.3, -0.25) is 4.79 Å². The predicted molar refractivity (Wildman–Crippen MR) is 265 cm³/mol. The van der Waals surface area contributed by atoms with Crippen molar-refractivity contribution in [2.24, 2.45) is 0 Å². The summed E-state index contributed by atoms with van der Waals surface area (Å²) < 4.78 is 22.9. The van der Waals surface area contributed by atoms with Crippen LogP contribution in [0.2, 0.25) is 0 Å². The molecule has 374 valence electrons. The maximum atomic E-state index is 12.8. The van der Waals surface area contributed by atoms with Crippen molar-refractivity contribution in [3.63, 3.8) is 0 Å². The zero-order valence-electron chi connectivity index (χ0n) is 41.3. The third kappa shape index (κ3) is 36.3. The molecular formula is C55H100O9. The van der Waals surface area contributed by atoms with Gasteiger partial charge >= 0.3 is 5.97 Å². The van der Waals surface area contributed by atoms with Gasteiger partial charge in [0.2, 0.25) is 0 Å². The summed E-state index contributed by atoms with van der Waals surface area (Å²) in [6.07, 6.45) is 51.4. The van der Waals surface area contributed by atoms with Crippen molar-refractivity contribution in [1.29, 1.82) is 0 Å². The lowest BCUT2D eigenvalue weighted by Gasteiger charge is -2.39. The van der Waals surface area contributed by atoms with Crippen LogP contribution in [0.1, 0.15) is 232 Å². The summed E-state index contributed by atoms with van der Waals surface area (Å²) in [5.74, 6) is -0.320. The number of carbonyl (C=O) groups is 1. The number of hydrogen-bond donors (Lipinski definition) is 4. The summed E-state index contributed by atoms with van der Waals surface area (Å²) in [6, 6.07) is 0. The molecule has 0 aliphatic carbocycles. The second kappa shape index (κ2) is 46.3. The van der Waals surface area contributed by atoms with E-state index in [4.69, 9.17) is 18.9 Å². The average molecular weight is 905 g/mol. The molecular weight excluding hydrogens is 805 g/mol. The van der Waals surface area contributed by atoms with E-state index < -0.39 is 43.4 Å². The van der Waals surface area contributed by atoms with E-state index in [-0.39, 0.29) is 19.2 Å². The van der Waals surface area contributed by atoms with Gasteiger partial charge in [-0.15, -0.1) is 0 Å². The van der Waals surface area contributed by atoms with Crippen molar-refractivity contribution < 1.29 is 44.2 Å². The predicted octanol–water partition coefficient (Wildman–Crippen LogP) is 13.3. The van der Waals surface area contributed by atoms with Gasteiger partial charge in [-0.05, 0) is 77.0 Å². The fourth-order valence-corrected chi connectivity index (χ4v) is 8.02. The van der Waals surface area contributed by atoms with E-state index in [0.717, 1.165) is 51.4 Å². The van der Waals surface area contributed by atoms with E-state index >= 15 is 0 Å². The van der Waals surface area contributed by atoms with Gasteiger partial charge in [0.05, 0.1) is 19.8 Å². The minimum atomic E-state index is -1.54. The largest absolute Gasteiger partial charge is 0.457 e. The van der Waals surface area contributed by atoms with E-state index in [0.29, 0.717) is 13.0 Å². The van der Waals surface area contributed by atoms with Crippen LogP contribution in [0.5, 0.6) is 0 Å². The molecule has 1 aliphatic heterocycles. The number of hydrogen-bond acceptors (Lipinski definition) is 9. The topological polar surface area (TPSA) is 135 Å². The number of allylic oxidation sites excluding steroid dienone is 8. The quantitative estimate of drug-likeness (QED) is 0.0267. The summed E-state index contributed by atoms with van der Waals surface area (Å²) in [4.78, 5) is 12.8. The monoisotopic (exact) mass is 905 g/mol. The Morgan fingerprint density at radius 1 is 0.500 bits per heavy atom. The fourth-order valence-electron chi connectivity index (χ4n) is 8.02. The highest BCUT2D eigenvalue weighted by Gasteiger charge is 2.44. The Labute approximate surface area is 392 Å². The molecule has 1 fully saturated rings. The van der Waals surface area contributed by atoms with E-state index in [9.17, 15) is 25.2 Å². The van der Waals surface area contributed by atoms with Gasteiger partial charge in [0.1, 0.15) is 30.5 Å². The highest BCUT2D eigenvalue weighted by Crippen LogP contribution is 2.23. The van der Waals surface area contributed by atoms with Crippen LogP contribution in [0.25, 0.3) is 0 Å². The summed E-state index contributed by atoms with van der Waals surface area (Å²) >= 11 is 0. The van der Waals surface area contributed by atoms with Crippen LogP contribution in [0.4, 0.5) is 0 Å². The lowest BCUT2D eigenvalue weighted by molar-refractivity contribution is -0.305. The van der Waals surface area contributed by atoms with Gasteiger partial charge in [0.15, 0.2) is 6.29 Å². The molecule has 0 aromatic rings. The van der Waals surface area contributed by atoms with Crippen molar-refractivity contribution in [2.75, 3.05) is 26.4 Å². The van der Waals surface area contributed by atoms with E-state index in [1.165, 1.54) is 161 Å². The molecule has 64 heavy (non-hydrogen) atoms. The van der Waals surface area contributed by atoms with Crippen molar-refractivity contribution in [3.05, 3.63) is 48.6 Å². The lowest BCUT2D eigenvalue weighted by atomic mass is 9.99. The average Bonchev–Trinajstić information content (AvgIpc) is 3.30. The SMILES string of the molecule is CCCCC/C=C\C/C=C\CCCCCCCCCC(=O)OC(COCCCCCCCCCCCCCC/C=C\C/C=C\CCCCCCC)COC1OC(CO)C(O)C(O)C1O. The van der Waals surface area contributed by atoms with Crippen molar-refractivity contribution >= 4 is 5.97 Å². The number of rotatable bonds is 46. The van der Waals surface area contributed by atoms with Crippen LogP contribution in [-0.4, -0.2) is 89.6 Å². The first-order valence-electron chi connectivity index (χ1n) is 26.7. The minimum absolute atomic E-state index is 0.117. The van der Waals surface area contributed by atoms with Gasteiger partial charge in [-0.25, -0.2) is 0 Å². The van der Waals surface area contributed by atoms with Crippen LogP contribution in [0, 0.1) is 0 Å². The molecule has 0 bridgehead atoms.